The van der Waals surface area contributed by atoms with Crippen LogP contribution in [0.5, 0.6) is 0 Å². The normalized spacial score (nSPS) is 11.7. The van der Waals surface area contributed by atoms with E-state index >= 15 is 0 Å². The Morgan fingerprint density at radius 2 is 2.40 bits per heavy atom. The van der Waals surface area contributed by atoms with Crippen molar-refractivity contribution >= 4 is 5.97 Å². The van der Waals surface area contributed by atoms with Crippen molar-refractivity contribution in [2.24, 2.45) is 0 Å². The summed E-state index contributed by atoms with van der Waals surface area (Å²) >= 11 is 0. The van der Waals surface area contributed by atoms with Crippen LogP contribution in [0, 0.1) is 6.57 Å². The van der Waals surface area contributed by atoms with E-state index in [-0.39, 0.29) is 0 Å². The summed E-state index contributed by atoms with van der Waals surface area (Å²) in [5, 5.41) is 0. The van der Waals surface area contributed by atoms with Crippen molar-refractivity contribution in [1.29, 1.82) is 0 Å². The first-order valence-electron chi connectivity index (χ1n) is 3.20. The Bertz CT molecular complexity index is 148. The molecule has 0 aromatic heterocycles. The molecule has 0 saturated carbocycles. The van der Waals surface area contributed by atoms with Crippen molar-refractivity contribution in [3.05, 3.63) is 11.4 Å². The van der Waals surface area contributed by atoms with Crippen LogP contribution in [0.1, 0.15) is 19.8 Å². The fourth-order valence-electron chi connectivity index (χ4n) is 0.645. The number of ether oxygens (including phenoxy) is 1. The smallest absolute Gasteiger partial charge is 0.389 e. The molecule has 0 aliphatic rings. The summed E-state index contributed by atoms with van der Waals surface area (Å²) in [4.78, 5) is 13.8. The first kappa shape index (κ1) is 8.96. The van der Waals surface area contributed by atoms with E-state index in [1.54, 1.807) is 0 Å². The zero-order valence-corrected chi connectivity index (χ0v) is 6.26. The molecule has 0 saturated heterocycles. The lowest BCUT2D eigenvalue weighted by molar-refractivity contribution is -0.141. The Morgan fingerprint density at radius 3 is 2.70 bits per heavy atom. The highest BCUT2D eigenvalue weighted by Crippen LogP contribution is 2.02. The summed E-state index contributed by atoms with van der Waals surface area (Å²) in [6.07, 6.45) is 1.43. The van der Waals surface area contributed by atoms with Gasteiger partial charge >= 0.3 is 12.0 Å². The number of hydrogen-bond acceptors (Lipinski definition) is 2. The van der Waals surface area contributed by atoms with E-state index < -0.39 is 12.0 Å². The maximum absolute atomic E-state index is 10.7. The molecule has 0 N–H and O–H groups in total. The molecular weight excluding hydrogens is 130 g/mol. The van der Waals surface area contributed by atoms with E-state index in [0.717, 1.165) is 6.42 Å². The second kappa shape index (κ2) is 4.80. The minimum atomic E-state index is -0.588. The van der Waals surface area contributed by atoms with Crippen LogP contribution in [-0.2, 0) is 9.53 Å². The molecule has 3 nitrogen and oxygen atoms in total. The third-order valence-corrected chi connectivity index (χ3v) is 1.19. The first-order chi connectivity index (χ1) is 4.76. The van der Waals surface area contributed by atoms with Crippen LogP contribution in [0.3, 0.4) is 0 Å². The fourth-order valence-corrected chi connectivity index (χ4v) is 0.645. The van der Waals surface area contributed by atoms with Gasteiger partial charge in [0.15, 0.2) is 0 Å². The van der Waals surface area contributed by atoms with E-state index in [1.165, 1.54) is 7.11 Å². The number of rotatable bonds is 3. The van der Waals surface area contributed by atoms with Gasteiger partial charge in [-0.25, -0.2) is 11.4 Å². The van der Waals surface area contributed by atoms with Gasteiger partial charge in [0, 0.05) is 6.42 Å². The Labute approximate surface area is 60.8 Å². The Hall–Kier alpha value is -1.04. The summed E-state index contributed by atoms with van der Waals surface area (Å²) in [7, 11) is 1.30. The van der Waals surface area contributed by atoms with E-state index in [0.29, 0.717) is 6.42 Å². The number of hydrogen-bond donors (Lipinski definition) is 0. The third-order valence-electron chi connectivity index (χ3n) is 1.19. The molecule has 0 amide bonds. The quantitative estimate of drug-likeness (QED) is 0.437. The maximum atomic E-state index is 10.7. The van der Waals surface area contributed by atoms with Gasteiger partial charge in [-0.2, -0.15) is 0 Å². The standard InChI is InChI=1S/C7H11NO2/c1-4-5-6(8-2)7(9)10-3/h6H,4-5H2,1,3H3/t6-/m0/s1. The Morgan fingerprint density at radius 1 is 1.80 bits per heavy atom. The molecule has 0 rings (SSSR count). The summed E-state index contributed by atoms with van der Waals surface area (Å²) in [6.45, 7) is 8.55. The van der Waals surface area contributed by atoms with Gasteiger partial charge < -0.3 is 9.58 Å². The van der Waals surface area contributed by atoms with E-state index in [1.807, 2.05) is 6.92 Å². The van der Waals surface area contributed by atoms with E-state index in [9.17, 15) is 4.79 Å². The maximum Gasteiger partial charge on any atom is 0.389 e. The highest BCUT2D eigenvalue weighted by Gasteiger charge is 2.22. The molecule has 0 aromatic carbocycles. The molecule has 0 aliphatic heterocycles. The zero-order chi connectivity index (χ0) is 7.98. The number of carbonyl (C=O) groups excluding carboxylic acids is 1. The lowest BCUT2D eigenvalue weighted by Crippen LogP contribution is -2.17. The highest BCUT2D eigenvalue weighted by atomic mass is 16.5. The molecule has 3 heteroatoms. The molecule has 1 atom stereocenters. The topological polar surface area (TPSA) is 30.7 Å². The fraction of sp³-hybridized carbons (Fsp3) is 0.714. The summed E-state index contributed by atoms with van der Waals surface area (Å²) in [5.41, 5.74) is 0. The molecule has 0 fully saturated rings. The molecule has 0 spiro atoms. The van der Waals surface area contributed by atoms with Crippen molar-refractivity contribution in [2.75, 3.05) is 7.11 Å². The lowest BCUT2D eigenvalue weighted by atomic mass is 10.2. The van der Waals surface area contributed by atoms with Gasteiger partial charge in [-0.3, -0.25) is 0 Å². The van der Waals surface area contributed by atoms with Crippen molar-refractivity contribution in [3.8, 4) is 0 Å². The van der Waals surface area contributed by atoms with E-state index in [4.69, 9.17) is 6.57 Å². The van der Waals surface area contributed by atoms with Crippen LogP contribution in [0.4, 0.5) is 0 Å². The van der Waals surface area contributed by atoms with Crippen molar-refractivity contribution in [3.63, 3.8) is 0 Å². The number of nitrogens with zero attached hydrogens (tertiary/aromatic N) is 1. The van der Waals surface area contributed by atoms with Gasteiger partial charge in [0.1, 0.15) is 0 Å². The Kier molecular flexibility index (Phi) is 4.30. The van der Waals surface area contributed by atoms with Crippen LogP contribution in [0.2, 0.25) is 0 Å². The molecule has 10 heavy (non-hydrogen) atoms. The van der Waals surface area contributed by atoms with Gasteiger partial charge in [-0.05, 0) is 6.42 Å². The minimum absolute atomic E-state index is 0.420. The third kappa shape index (κ3) is 2.49. The van der Waals surface area contributed by atoms with Gasteiger partial charge in [0.2, 0.25) is 0 Å². The Balaban J connectivity index is 3.84. The van der Waals surface area contributed by atoms with Crippen molar-refractivity contribution in [1.82, 2.24) is 0 Å². The molecule has 0 radical (unpaired) electrons. The summed E-state index contributed by atoms with van der Waals surface area (Å²) in [5.74, 6) is -0.420. The summed E-state index contributed by atoms with van der Waals surface area (Å²) in [6, 6.07) is -0.588. The molecule has 0 aromatic rings. The van der Waals surface area contributed by atoms with Gasteiger partial charge in [0.05, 0.1) is 7.11 Å². The van der Waals surface area contributed by atoms with E-state index in [2.05, 4.69) is 9.58 Å². The van der Waals surface area contributed by atoms with Crippen LogP contribution in [0.15, 0.2) is 0 Å². The van der Waals surface area contributed by atoms with Crippen molar-refractivity contribution in [2.45, 2.75) is 25.8 Å². The number of esters is 1. The van der Waals surface area contributed by atoms with Gasteiger partial charge in [-0.15, -0.1) is 0 Å². The van der Waals surface area contributed by atoms with Crippen LogP contribution >= 0.6 is 0 Å². The number of methoxy groups -OCH3 is 1. The van der Waals surface area contributed by atoms with Crippen LogP contribution in [-0.4, -0.2) is 19.1 Å². The minimum Gasteiger partial charge on any atom is -0.463 e. The highest BCUT2D eigenvalue weighted by molar-refractivity contribution is 5.77. The molecule has 0 heterocycles. The van der Waals surface area contributed by atoms with Gasteiger partial charge in [0.25, 0.3) is 0 Å². The van der Waals surface area contributed by atoms with Crippen LogP contribution < -0.4 is 0 Å². The monoisotopic (exact) mass is 141 g/mol. The first-order valence-corrected chi connectivity index (χ1v) is 3.20. The lowest BCUT2D eigenvalue weighted by Gasteiger charge is -1.99. The van der Waals surface area contributed by atoms with Crippen molar-refractivity contribution < 1.29 is 9.53 Å². The molecule has 0 aliphatic carbocycles. The SMILES string of the molecule is [C-]#[N+][C@@H](CCC)C(=O)OC. The second-order valence-electron chi connectivity index (χ2n) is 1.96. The average Bonchev–Trinajstić information content (AvgIpc) is 1.99. The molecule has 0 bridgehead atoms. The molecular formula is C7H11NO2. The predicted molar refractivity (Wildman–Crippen MR) is 37.3 cm³/mol. The largest absolute Gasteiger partial charge is 0.463 e. The zero-order valence-electron chi connectivity index (χ0n) is 6.26. The van der Waals surface area contributed by atoms with Gasteiger partial charge in [-0.1, -0.05) is 6.92 Å². The average molecular weight is 141 g/mol. The molecule has 56 valence electrons. The second-order valence-corrected chi connectivity index (χ2v) is 1.96. The number of carbonyl (C=O) groups is 1. The summed E-state index contributed by atoms with van der Waals surface area (Å²) < 4.78 is 4.40. The van der Waals surface area contributed by atoms with Crippen LogP contribution in [0.25, 0.3) is 4.85 Å². The molecule has 0 unspecified atom stereocenters. The predicted octanol–water partition coefficient (Wildman–Crippen LogP) is 1.25.